The van der Waals surface area contributed by atoms with Crippen molar-refractivity contribution in [1.82, 2.24) is 4.98 Å². The number of azo groups is 1. The normalized spacial score (nSPS) is 11.6. The van der Waals surface area contributed by atoms with E-state index in [0.29, 0.717) is 5.69 Å². The summed E-state index contributed by atoms with van der Waals surface area (Å²) >= 11 is 0. The molecule has 0 aliphatic carbocycles. The van der Waals surface area contributed by atoms with Gasteiger partial charge in [0.25, 0.3) is 0 Å². The van der Waals surface area contributed by atoms with E-state index < -0.39 is 0 Å². The Balaban J connectivity index is 1.83. The van der Waals surface area contributed by atoms with E-state index in [1.54, 1.807) is 24.3 Å². The number of benzene rings is 3. The molecule has 0 aliphatic rings. The number of nitrogens with zero attached hydrogens (tertiary/aromatic N) is 2. The monoisotopic (exact) mass is 287 g/mol. The van der Waals surface area contributed by atoms with Crippen LogP contribution in [0.3, 0.4) is 0 Å². The molecule has 4 heteroatoms. The van der Waals surface area contributed by atoms with Gasteiger partial charge in [-0.3, -0.25) is 0 Å². The molecule has 0 atom stereocenters. The Morgan fingerprint density at radius 3 is 2.36 bits per heavy atom. The molecule has 4 nitrogen and oxygen atoms in total. The van der Waals surface area contributed by atoms with Crippen LogP contribution in [0, 0.1) is 0 Å². The smallest absolute Gasteiger partial charge is 0.115 e. The Kier molecular flexibility index (Phi) is 2.86. The lowest BCUT2D eigenvalue weighted by Crippen LogP contribution is -1.70. The average molecular weight is 287 g/mol. The molecule has 0 bridgehead atoms. The number of aromatic hydroxyl groups is 1. The first-order valence-electron chi connectivity index (χ1n) is 7.01. The van der Waals surface area contributed by atoms with Gasteiger partial charge in [-0.25, -0.2) is 0 Å². The molecule has 0 unspecified atom stereocenters. The van der Waals surface area contributed by atoms with Crippen LogP contribution < -0.4 is 0 Å². The van der Waals surface area contributed by atoms with Crippen molar-refractivity contribution in [2.75, 3.05) is 0 Å². The second-order valence-electron chi connectivity index (χ2n) is 5.09. The molecule has 106 valence electrons. The highest BCUT2D eigenvalue weighted by atomic mass is 16.3. The number of fused-ring (bicyclic) bond motifs is 3. The fourth-order valence-electron chi connectivity index (χ4n) is 2.57. The predicted octanol–water partition coefficient (Wildman–Crippen LogP) is 5.44. The van der Waals surface area contributed by atoms with E-state index in [1.807, 2.05) is 24.3 Å². The number of phenolic OH excluding ortho intramolecular Hbond substituents is 1. The molecule has 1 aromatic heterocycles. The van der Waals surface area contributed by atoms with E-state index in [4.69, 9.17) is 0 Å². The van der Waals surface area contributed by atoms with Crippen molar-refractivity contribution in [3.63, 3.8) is 0 Å². The summed E-state index contributed by atoms with van der Waals surface area (Å²) in [6, 6.07) is 20.8. The van der Waals surface area contributed by atoms with Gasteiger partial charge in [0.15, 0.2) is 0 Å². The average Bonchev–Trinajstić information content (AvgIpc) is 2.94. The molecule has 0 amide bonds. The van der Waals surface area contributed by atoms with Gasteiger partial charge in [-0.1, -0.05) is 30.3 Å². The van der Waals surface area contributed by atoms with Gasteiger partial charge in [0.1, 0.15) is 11.4 Å². The van der Waals surface area contributed by atoms with Crippen LogP contribution in [0.4, 0.5) is 11.4 Å². The van der Waals surface area contributed by atoms with Crippen molar-refractivity contribution in [2.24, 2.45) is 10.2 Å². The van der Waals surface area contributed by atoms with Crippen molar-refractivity contribution >= 4 is 33.2 Å². The minimum Gasteiger partial charge on any atom is -0.508 e. The van der Waals surface area contributed by atoms with Crippen LogP contribution in [0.5, 0.6) is 5.75 Å². The SMILES string of the molecule is Oc1ccc(N=Nc2cccc3c2[nH]c2ccccc23)cc1. The minimum absolute atomic E-state index is 0.219. The molecule has 3 aromatic carbocycles. The number of H-pyrrole nitrogens is 1. The van der Waals surface area contributed by atoms with Gasteiger partial charge in [-0.05, 0) is 36.4 Å². The molecule has 0 fully saturated rings. The van der Waals surface area contributed by atoms with Crippen LogP contribution in [0.25, 0.3) is 21.8 Å². The number of hydrogen-bond donors (Lipinski definition) is 2. The van der Waals surface area contributed by atoms with Crippen molar-refractivity contribution in [1.29, 1.82) is 0 Å². The number of para-hydroxylation sites is 2. The molecule has 1 heterocycles. The van der Waals surface area contributed by atoms with Crippen molar-refractivity contribution in [3.8, 4) is 5.75 Å². The third-order valence-corrected chi connectivity index (χ3v) is 3.64. The third-order valence-electron chi connectivity index (χ3n) is 3.64. The predicted molar refractivity (Wildman–Crippen MR) is 88.1 cm³/mol. The quantitative estimate of drug-likeness (QED) is 0.474. The van der Waals surface area contributed by atoms with Gasteiger partial charge in [-0.2, -0.15) is 5.11 Å². The summed E-state index contributed by atoms with van der Waals surface area (Å²) in [7, 11) is 0. The van der Waals surface area contributed by atoms with Crippen LogP contribution in [0.1, 0.15) is 0 Å². The summed E-state index contributed by atoms with van der Waals surface area (Å²) in [5, 5.41) is 20.2. The zero-order valence-corrected chi connectivity index (χ0v) is 11.7. The molecule has 4 rings (SSSR count). The van der Waals surface area contributed by atoms with Gasteiger partial charge in [0.2, 0.25) is 0 Å². The third kappa shape index (κ3) is 2.11. The lowest BCUT2D eigenvalue weighted by atomic mass is 10.1. The zero-order chi connectivity index (χ0) is 14.9. The van der Waals surface area contributed by atoms with Crippen LogP contribution >= 0.6 is 0 Å². The van der Waals surface area contributed by atoms with E-state index in [0.717, 1.165) is 22.1 Å². The summed E-state index contributed by atoms with van der Waals surface area (Å²) in [4.78, 5) is 3.40. The minimum atomic E-state index is 0.219. The molecule has 0 radical (unpaired) electrons. The molecular weight excluding hydrogens is 274 g/mol. The maximum atomic E-state index is 9.29. The highest BCUT2D eigenvalue weighted by Gasteiger charge is 2.06. The fraction of sp³-hybridized carbons (Fsp3) is 0. The Bertz CT molecular complexity index is 984. The fourth-order valence-corrected chi connectivity index (χ4v) is 2.57. The highest BCUT2D eigenvalue weighted by Crippen LogP contribution is 2.32. The maximum absolute atomic E-state index is 9.29. The number of rotatable bonds is 2. The molecule has 0 saturated heterocycles. The van der Waals surface area contributed by atoms with Gasteiger partial charge < -0.3 is 10.1 Å². The van der Waals surface area contributed by atoms with Crippen LogP contribution in [0.15, 0.2) is 77.0 Å². The topological polar surface area (TPSA) is 60.7 Å². The van der Waals surface area contributed by atoms with E-state index in [9.17, 15) is 5.11 Å². The lowest BCUT2D eigenvalue weighted by Gasteiger charge is -1.96. The standard InChI is InChI=1S/C18H13N3O/c22-13-10-8-12(9-11-13)20-21-17-7-3-5-15-14-4-1-2-6-16(14)19-18(15)17/h1-11,19,22H. The molecule has 0 saturated carbocycles. The maximum Gasteiger partial charge on any atom is 0.115 e. The summed E-state index contributed by atoms with van der Waals surface area (Å²) in [6.07, 6.45) is 0. The van der Waals surface area contributed by atoms with Crippen LogP contribution in [-0.4, -0.2) is 10.1 Å². The molecule has 0 spiro atoms. The first-order chi connectivity index (χ1) is 10.8. The molecule has 2 N–H and O–H groups in total. The lowest BCUT2D eigenvalue weighted by molar-refractivity contribution is 0.475. The van der Waals surface area contributed by atoms with Gasteiger partial charge >= 0.3 is 0 Å². The van der Waals surface area contributed by atoms with Crippen LogP contribution in [-0.2, 0) is 0 Å². The van der Waals surface area contributed by atoms with E-state index in [-0.39, 0.29) is 5.75 Å². The molecule has 22 heavy (non-hydrogen) atoms. The van der Waals surface area contributed by atoms with Crippen molar-refractivity contribution in [2.45, 2.75) is 0 Å². The number of aromatic nitrogens is 1. The zero-order valence-electron chi connectivity index (χ0n) is 11.7. The van der Waals surface area contributed by atoms with E-state index in [1.165, 1.54) is 5.39 Å². The Morgan fingerprint density at radius 2 is 1.50 bits per heavy atom. The Labute approximate surface area is 126 Å². The van der Waals surface area contributed by atoms with Gasteiger partial charge in [0.05, 0.1) is 11.2 Å². The Morgan fingerprint density at radius 1 is 0.727 bits per heavy atom. The molecular formula is C18H13N3O. The Hall–Kier alpha value is -3.14. The second kappa shape index (κ2) is 5.00. The highest BCUT2D eigenvalue weighted by molar-refractivity contribution is 6.10. The van der Waals surface area contributed by atoms with Crippen LogP contribution in [0.2, 0.25) is 0 Å². The second-order valence-corrected chi connectivity index (χ2v) is 5.09. The molecule has 0 aliphatic heterocycles. The molecule has 4 aromatic rings. The van der Waals surface area contributed by atoms with Gasteiger partial charge in [-0.15, -0.1) is 5.11 Å². The summed E-state index contributed by atoms with van der Waals surface area (Å²) in [6.45, 7) is 0. The number of hydrogen-bond acceptors (Lipinski definition) is 3. The largest absolute Gasteiger partial charge is 0.508 e. The number of phenols is 1. The van der Waals surface area contributed by atoms with E-state index >= 15 is 0 Å². The van der Waals surface area contributed by atoms with Crippen molar-refractivity contribution in [3.05, 3.63) is 66.7 Å². The van der Waals surface area contributed by atoms with E-state index in [2.05, 4.69) is 33.4 Å². The summed E-state index contributed by atoms with van der Waals surface area (Å²) < 4.78 is 0. The van der Waals surface area contributed by atoms with Crippen molar-refractivity contribution < 1.29 is 5.11 Å². The summed E-state index contributed by atoms with van der Waals surface area (Å²) in [5.41, 5.74) is 3.56. The first kappa shape index (κ1) is 12.6. The summed E-state index contributed by atoms with van der Waals surface area (Å²) in [5.74, 6) is 0.219. The van der Waals surface area contributed by atoms with Gasteiger partial charge in [0, 0.05) is 16.3 Å². The first-order valence-corrected chi connectivity index (χ1v) is 7.01. The number of nitrogens with one attached hydrogen (secondary N) is 1. The number of aromatic amines is 1.